The minimum atomic E-state index is -0.0784. The van der Waals surface area contributed by atoms with Gasteiger partial charge in [-0.25, -0.2) is 0 Å². The molecule has 0 spiro atoms. The zero-order valence-electron chi connectivity index (χ0n) is 14.8. The number of rotatable bonds is 7. The minimum absolute atomic E-state index is 0.0784. The molecule has 5 nitrogen and oxygen atoms in total. The first-order chi connectivity index (χ1) is 11.2. The smallest absolute Gasteiger partial charge is 0.191 e. The molecule has 1 aliphatic heterocycles. The van der Waals surface area contributed by atoms with Crippen LogP contribution in [0.15, 0.2) is 4.99 Å². The molecule has 0 bridgehead atoms. The van der Waals surface area contributed by atoms with Gasteiger partial charge in [-0.05, 0) is 58.2 Å². The van der Waals surface area contributed by atoms with E-state index in [0.717, 1.165) is 63.2 Å². The van der Waals surface area contributed by atoms with E-state index in [9.17, 15) is 5.11 Å². The second-order valence-corrected chi connectivity index (χ2v) is 7.84. The van der Waals surface area contributed by atoms with E-state index in [-0.39, 0.29) is 6.10 Å². The molecule has 2 fully saturated rings. The molecule has 0 aromatic carbocycles. The molecule has 0 radical (unpaired) electrons. The van der Waals surface area contributed by atoms with Crippen LogP contribution in [0.2, 0.25) is 0 Å². The summed E-state index contributed by atoms with van der Waals surface area (Å²) >= 11 is 1.99. The molecule has 23 heavy (non-hydrogen) atoms. The van der Waals surface area contributed by atoms with Crippen LogP contribution in [0.3, 0.4) is 0 Å². The average molecular weight is 343 g/mol. The molecule has 2 atom stereocenters. The van der Waals surface area contributed by atoms with Crippen LogP contribution in [0.1, 0.15) is 45.4 Å². The summed E-state index contributed by atoms with van der Waals surface area (Å²) in [5, 5.41) is 17.3. The van der Waals surface area contributed by atoms with Crippen LogP contribution in [0.4, 0.5) is 0 Å². The van der Waals surface area contributed by atoms with E-state index in [2.05, 4.69) is 28.7 Å². The van der Waals surface area contributed by atoms with Crippen molar-refractivity contribution in [3.05, 3.63) is 0 Å². The lowest BCUT2D eigenvalue weighted by Crippen LogP contribution is -2.42. The van der Waals surface area contributed by atoms with Crippen molar-refractivity contribution in [3.8, 4) is 0 Å². The number of guanidine groups is 1. The zero-order valence-corrected chi connectivity index (χ0v) is 15.6. The molecular weight excluding hydrogens is 308 g/mol. The number of nitrogens with one attached hydrogen (secondary N) is 2. The van der Waals surface area contributed by atoms with Gasteiger partial charge >= 0.3 is 0 Å². The van der Waals surface area contributed by atoms with Crippen molar-refractivity contribution in [2.24, 2.45) is 4.99 Å². The summed E-state index contributed by atoms with van der Waals surface area (Å²) in [7, 11) is 0. The van der Waals surface area contributed by atoms with Crippen molar-refractivity contribution in [2.75, 3.05) is 39.0 Å². The predicted octanol–water partition coefficient (Wildman–Crippen LogP) is 1.67. The first-order valence-electron chi connectivity index (χ1n) is 9.19. The number of aliphatic hydroxyl groups is 1. The highest BCUT2D eigenvalue weighted by atomic mass is 32.2. The molecule has 0 aromatic rings. The summed E-state index contributed by atoms with van der Waals surface area (Å²) in [5.41, 5.74) is 0. The van der Waals surface area contributed by atoms with Crippen molar-refractivity contribution in [1.82, 2.24) is 15.5 Å². The Labute approximate surface area is 145 Å². The van der Waals surface area contributed by atoms with Crippen LogP contribution >= 0.6 is 11.8 Å². The maximum Gasteiger partial charge on any atom is 0.191 e. The summed E-state index contributed by atoms with van der Waals surface area (Å²) in [4.78, 5) is 7.19. The van der Waals surface area contributed by atoms with Crippen molar-refractivity contribution in [3.63, 3.8) is 0 Å². The quantitative estimate of drug-likeness (QED) is 0.373. The fourth-order valence-electron chi connectivity index (χ4n) is 3.43. The number of hydrogen-bond acceptors (Lipinski definition) is 4. The average Bonchev–Trinajstić information content (AvgIpc) is 3.01. The van der Waals surface area contributed by atoms with Gasteiger partial charge in [0.1, 0.15) is 0 Å². The van der Waals surface area contributed by atoms with Gasteiger partial charge in [0.15, 0.2) is 5.96 Å². The fraction of sp³-hybridized carbons (Fsp3) is 0.941. The van der Waals surface area contributed by atoms with E-state index in [1.54, 1.807) is 0 Å². The Morgan fingerprint density at radius 3 is 2.70 bits per heavy atom. The summed E-state index contributed by atoms with van der Waals surface area (Å²) < 4.78 is 0. The third-order valence-corrected chi connectivity index (χ3v) is 5.96. The van der Waals surface area contributed by atoms with Crippen molar-refractivity contribution >= 4 is 17.7 Å². The first-order valence-corrected chi connectivity index (χ1v) is 10.5. The molecular formula is C17H34N4OS. The Bertz CT molecular complexity index is 359. The third-order valence-electron chi connectivity index (χ3n) is 4.86. The Morgan fingerprint density at radius 1 is 1.26 bits per heavy atom. The first kappa shape index (κ1) is 18.9. The lowest BCUT2D eigenvalue weighted by atomic mass is 10.1. The predicted molar refractivity (Wildman–Crippen MR) is 100 cm³/mol. The molecule has 0 amide bonds. The summed E-state index contributed by atoms with van der Waals surface area (Å²) in [6.07, 6.45) is 8.89. The summed E-state index contributed by atoms with van der Waals surface area (Å²) in [5.74, 6) is 0.980. The topological polar surface area (TPSA) is 59.9 Å². The van der Waals surface area contributed by atoms with Crippen molar-refractivity contribution in [1.29, 1.82) is 0 Å². The second-order valence-electron chi connectivity index (χ2n) is 6.70. The number of aliphatic hydroxyl groups excluding tert-OH is 1. The Kier molecular flexibility index (Phi) is 8.55. The van der Waals surface area contributed by atoms with E-state index < -0.39 is 0 Å². The normalized spacial score (nSPS) is 27.3. The molecule has 134 valence electrons. The monoisotopic (exact) mass is 342 g/mol. The van der Waals surface area contributed by atoms with Gasteiger partial charge in [0.25, 0.3) is 0 Å². The van der Waals surface area contributed by atoms with E-state index in [1.807, 2.05) is 11.8 Å². The third kappa shape index (κ3) is 6.89. The van der Waals surface area contributed by atoms with E-state index in [1.165, 1.54) is 19.3 Å². The Balaban J connectivity index is 1.67. The van der Waals surface area contributed by atoms with Crippen LogP contribution in [0.5, 0.6) is 0 Å². The minimum Gasteiger partial charge on any atom is -0.393 e. The Morgan fingerprint density at radius 2 is 2.04 bits per heavy atom. The van der Waals surface area contributed by atoms with Gasteiger partial charge in [-0.1, -0.05) is 0 Å². The number of piperidine rings is 1. The number of nitrogens with zero attached hydrogens (tertiary/aromatic N) is 2. The van der Waals surface area contributed by atoms with Gasteiger partial charge in [0.2, 0.25) is 0 Å². The molecule has 2 unspecified atom stereocenters. The van der Waals surface area contributed by atoms with Gasteiger partial charge in [0.05, 0.1) is 6.10 Å². The summed E-state index contributed by atoms with van der Waals surface area (Å²) in [6, 6.07) is 0.578. The lowest BCUT2D eigenvalue weighted by Gasteiger charge is -2.29. The van der Waals surface area contributed by atoms with Gasteiger partial charge in [-0.3, -0.25) is 4.99 Å². The zero-order chi connectivity index (χ0) is 16.5. The van der Waals surface area contributed by atoms with Crippen LogP contribution in [0, 0.1) is 0 Å². The van der Waals surface area contributed by atoms with Crippen LogP contribution in [-0.2, 0) is 0 Å². The molecule has 1 heterocycles. The van der Waals surface area contributed by atoms with Gasteiger partial charge in [0, 0.05) is 37.5 Å². The highest BCUT2D eigenvalue weighted by molar-refractivity contribution is 7.99. The number of likely N-dealkylation sites (tertiary alicyclic amines) is 1. The summed E-state index contributed by atoms with van der Waals surface area (Å²) in [6.45, 7) is 7.05. The number of aliphatic imine (C=N–C) groups is 1. The van der Waals surface area contributed by atoms with Gasteiger partial charge < -0.3 is 20.6 Å². The highest BCUT2D eigenvalue weighted by Gasteiger charge is 2.24. The highest BCUT2D eigenvalue weighted by Crippen LogP contribution is 2.27. The standard InChI is InChI=1S/C17H34N4OS/c1-3-18-17(20-14-5-6-16(13-14)23-2)19-9-4-10-21-11-7-15(22)8-12-21/h14-16,22H,3-13H2,1-2H3,(H2,18,19,20). The van der Waals surface area contributed by atoms with E-state index in [4.69, 9.17) is 4.99 Å². The molecule has 1 saturated carbocycles. The van der Waals surface area contributed by atoms with Crippen molar-refractivity contribution in [2.45, 2.75) is 62.8 Å². The van der Waals surface area contributed by atoms with Gasteiger partial charge in [-0.2, -0.15) is 11.8 Å². The maximum atomic E-state index is 9.54. The molecule has 0 aromatic heterocycles. The van der Waals surface area contributed by atoms with E-state index >= 15 is 0 Å². The molecule has 2 rings (SSSR count). The molecule has 1 saturated heterocycles. The molecule has 1 aliphatic carbocycles. The van der Waals surface area contributed by atoms with Crippen LogP contribution in [0.25, 0.3) is 0 Å². The number of hydrogen-bond donors (Lipinski definition) is 3. The maximum absolute atomic E-state index is 9.54. The molecule has 2 aliphatic rings. The lowest BCUT2D eigenvalue weighted by molar-refractivity contribution is 0.0824. The SMILES string of the molecule is CCNC(=NCCCN1CCC(O)CC1)NC1CCC(SC)C1. The van der Waals surface area contributed by atoms with E-state index in [0.29, 0.717) is 6.04 Å². The van der Waals surface area contributed by atoms with Crippen molar-refractivity contribution < 1.29 is 5.11 Å². The molecule has 6 heteroatoms. The molecule has 3 N–H and O–H groups in total. The van der Waals surface area contributed by atoms with Gasteiger partial charge in [-0.15, -0.1) is 0 Å². The Hall–Kier alpha value is -0.460. The second kappa shape index (κ2) is 10.4. The number of thioether (sulfide) groups is 1. The van der Waals surface area contributed by atoms with Crippen LogP contribution in [-0.4, -0.2) is 72.3 Å². The largest absolute Gasteiger partial charge is 0.393 e. The fourth-order valence-corrected chi connectivity index (χ4v) is 4.22. The van der Waals surface area contributed by atoms with Crippen LogP contribution < -0.4 is 10.6 Å².